The normalized spacial score (nSPS) is 19.7. The fraction of sp³-hybridized carbons (Fsp3) is 0.412. The molecule has 2 aliphatic heterocycles. The van der Waals surface area contributed by atoms with Gasteiger partial charge in [-0.05, 0) is 19.1 Å². The molecule has 3 amide bonds. The number of carbonyl (C=O) groups excluding carboxylic acids is 2. The molecule has 2 aromatic rings. The van der Waals surface area contributed by atoms with Crippen molar-refractivity contribution in [1.29, 1.82) is 0 Å². The standard InChI is InChI=1S/C17H19N5O4S/c1-10(15(23)22-8-7-18-16(22)24)27-17-20-19-14(21(17)2)13-9-25-11-5-3-4-6-12(11)26-13/h3-6,10,13H,7-9H2,1-2H3,(H,18,24)/t10-,13-/m1/s1. The predicted molar refractivity (Wildman–Crippen MR) is 96.7 cm³/mol. The first-order valence-corrected chi connectivity index (χ1v) is 9.46. The van der Waals surface area contributed by atoms with Crippen LogP contribution in [-0.2, 0) is 11.8 Å². The highest BCUT2D eigenvalue weighted by Gasteiger charge is 2.32. The van der Waals surface area contributed by atoms with Gasteiger partial charge in [0.15, 0.2) is 28.6 Å². The Morgan fingerprint density at radius 1 is 1.33 bits per heavy atom. The maximum atomic E-state index is 12.5. The molecule has 27 heavy (non-hydrogen) atoms. The molecule has 0 saturated carbocycles. The van der Waals surface area contributed by atoms with Crippen LogP contribution in [0.1, 0.15) is 18.9 Å². The van der Waals surface area contributed by atoms with Crippen LogP contribution in [0, 0.1) is 0 Å². The van der Waals surface area contributed by atoms with E-state index in [4.69, 9.17) is 9.47 Å². The number of rotatable bonds is 4. The number of fused-ring (bicyclic) bond motifs is 1. The number of thioether (sulfide) groups is 1. The number of nitrogens with zero attached hydrogens (tertiary/aromatic N) is 4. The molecule has 1 aromatic heterocycles. The second-order valence-electron chi connectivity index (χ2n) is 6.25. The van der Waals surface area contributed by atoms with Gasteiger partial charge >= 0.3 is 6.03 Å². The largest absolute Gasteiger partial charge is 0.485 e. The lowest BCUT2D eigenvalue weighted by atomic mass is 10.2. The van der Waals surface area contributed by atoms with Crippen LogP contribution in [0.25, 0.3) is 0 Å². The Morgan fingerprint density at radius 2 is 2.11 bits per heavy atom. The molecule has 1 saturated heterocycles. The van der Waals surface area contributed by atoms with E-state index < -0.39 is 5.25 Å². The number of amides is 3. The molecule has 9 nitrogen and oxygen atoms in total. The van der Waals surface area contributed by atoms with Gasteiger partial charge in [0.25, 0.3) is 0 Å². The summed E-state index contributed by atoms with van der Waals surface area (Å²) in [5.74, 6) is 1.74. The molecule has 0 radical (unpaired) electrons. The SMILES string of the molecule is C[C@@H](Sc1nnc([C@H]2COc3ccccc3O2)n1C)C(=O)N1CCNC1=O. The molecule has 142 valence electrons. The van der Waals surface area contributed by atoms with Crippen LogP contribution in [0.2, 0.25) is 0 Å². The molecule has 1 N–H and O–H groups in total. The first kappa shape index (κ1) is 17.7. The molecule has 3 heterocycles. The van der Waals surface area contributed by atoms with Crippen LogP contribution in [0.3, 0.4) is 0 Å². The van der Waals surface area contributed by atoms with Crippen molar-refractivity contribution in [3.8, 4) is 11.5 Å². The maximum absolute atomic E-state index is 12.5. The average molecular weight is 389 g/mol. The number of ether oxygens (including phenoxy) is 2. The lowest BCUT2D eigenvalue weighted by Gasteiger charge is -2.25. The fourth-order valence-electron chi connectivity index (χ4n) is 2.97. The minimum Gasteiger partial charge on any atom is -0.485 e. The number of benzene rings is 1. The van der Waals surface area contributed by atoms with Gasteiger partial charge in [-0.3, -0.25) is 9.69 Å². The molecule has 0 bridgehead atoms. The van der Waals surface area contributed by atoms with Crippen LogP contribution in [0.4, 0.5) is 4.79 Å². The number of hydrogen-bond acceptors (Lipinski definition) is 7. The van der Waals surface area contributed by atoms with Gasteiger partial charge in [-0.25, -0.2) is 4.79 Å². The van der Waals surface area contributed by atoms with Crippen molar-refractivity contribution in [2.75, 3.05) is 19.7 Å². The third-order valence-corrected chi connectivity index (χ3v) is 5.54. The second-order valence-corrected chi connectivity index (χ2v) is 7.55. The molecular formula is C17H19N5O4S. The van der Waals surface area contributed by atoms with Gasteiger partial charge in [0, 0.05) is 20.1 Å². The van der Waals surface area contributed by atoms with E-state index in [9.17, 15) is 9.59 Å². The molecule has 1 aromatic carbocycles. The Bertz CT molecular complexity index is 886. The molecular weight excluding hydrogens is 370 g/mol. The zero-order valence-corrected chi connectivity index (χ0v) is 15.7. The summed E-state index contributed by atoms with van der Waals surface area (Å²) in [4.78, 5) is 25.4. The van der Waals surface area contributed by atoms with E-state index in [1.165, 1.54) is 16.7 Å². The highest BCUT2D eigenvalue weighted by atomic mass is 32.2. The zero-order valence-electron chi connectivity index (χ0n) is 14.9. The number of hydrogen-bond donors (Lipinski definition) is 1. The third-order valence-electron chi connectivity index (χ3n) is 4.42. The summed E-state index contributed by atoms with van der Waals surface area (Å²) in [6.07, 6.45) is -0.387. The van der Waals surface area contributed by atoms with E-state index in [0.717, 1.165) is 0 Å². The van der Waals surface area contributed by atoms with E-state index in [1.807, 2.05) is 31.3 Å². The number of aromatic nitrogens is 3. The van der Waals surface area contributed by atoms with Crippen molar-refractivity contribution in [2.24, 2.45) is 7.05 Å². The van der Waals surface area contributed by atoms with Crippen molar-refractivity contribution in [1.82, 2.24) is 25.0 Å². The second kappa shape index (κ2) is 7.10. The Labute approximate surface area is 160 Å². The van der Waals surface area contributed by atoms with Crippen molar-refractivity contribution in [2.45, 2.75) is 23.4 Å². The summed E-state index contributed by atoms with van der Waals surface area (Å²) in [7, 11) is 1.82. The van der Waals surface area contributed by atoms with Crippen molar-refractivity contribution in [3.05, 3.63) is 30.1 Å². The number of nitrogens with one attached hydrogen (secondary N) is 1. The van der Waals surface area contributed by atoms with Crippen LogP contribution in [0.15, 0.2) is 29.4 Å². The molecule has 1 fully saturated rings. The fourth-order valence-corrected chi connectivity index (χ4v) is 3.85. The van der Waals surface area contributed by atoms with Gasteiger partial charge in [0.2, 0.25) is 5.91 Å². The monoisotopic (exact) mass is 389 g/mol. The predicted octanol–water partition coefficient (Wildman–Crippen LogP) is 1.36. The van der Waals surface area contributed by atoms with Crippen LogP contribution < -0.4 is 14.8 Å². The van der Waals surface area contributed by atoms with Gasteiger partial charge in [-0.1, -0.05) is 23.9 Å². The molecule has 0 unspecified atom stereocenters. The van der Waals surface area contributed by atoms with E-state index in [1.54, 1.807) is 11.5 Å². The molecule has 4 rings (SSSR count). The summed E-state index contributed by atoms with van der Waals surface area (Å²) < 4.78 is 13.5. The van der Waals surface area contributed by atoms with Crippen molar-refractivity contribution in [3.63, 3.8) is 0 Å². The summed E-state index contributed by atoms with van der Waals surface area (Å²) in [6.45, 7) is 2.95. The van der Waals surface area contributed by atoms with Crippen LogP contribution in [0.5, 0.6) is 11.5 Å². The van der Waals surface area contributed by atoms with E-state index in [2.05, 4.69) is 15.5 Å². The van der Waals surface area contributed by atoms with E-state index in [0.29, 0.717) is 42.2 Å². The Morgan fingerprint density at radius 3 is 2.85 bits per heavy atom. The minimum absolute atomic E-state index is 0.245. The van der Waals surface area contributed by atoms with Gasteiger partial charge in [-0.2, -0.15) is 0 Å². The number of carbonyl (C=O) groups is 2. The first-order chi connectivity index (χ1) is 13.0. The Kier molecular flexibility index (Phi) is 4.65. The average Bonchev–Trinajstić information content (AvgIpc) is 3.26. The first-order valence-electron chi connectivity index (χ1n) is 8.58. The zero-order chi connectivity index (χ0) is 19.0. The quantitative estimate of drug-likeness (QED) is 0.789. The summed E-state index contributed by atoms with van der Waals surface area (Å²) >= 11 is 1.26. The van der Waals surface area contributed by atoms with Crippen molar-refractivity contribution < 1.29 is 19.1 Å². The van der Waals surface area contributed by atoms with Crippen LogP contribution >= 0.6 is 11.8 Å². The number of urea groups is 1. The summed E-state index contributed by atoms with van der Waals surface area (Å²) in [5.41, 5.74) is 0. The molecule has 2 aliphatic rings. The van der Waals surface area contributed by atoms with Gasteiger partial charge < -0.3 is 19.4 Å². The summed E-state index contributed by atoms with van der Waals surface area (Å²) in [6, 6.07) is 7.11. The van der Waals surface area contributed by atoms with Gasteiger partial charge in [-0.15, -0.1) is 10.2 Å². The number of para-hydroxylation sites is 2. The molecule has 0 spiro atoms. The Hall–Kier alpha value is -2.75. The van der Waals surface area contributed by atoms with Gasteiger partial charge in [0.1, 0.15) is 6.61 Å². The maximum Gasteiger partial charge on any atom is 0.324 e. The molecule has 2 atom stereocenters. The van der Waals surface area contributed by atoms with E-state index in [-0.39, 0.29) is 18.0 Å². The summed E-state index contributed by atoms with van der Waals surface area (Å²) in [5, 5.41) is 11.1. The molecule has 0 aliphatic carbocycles. The molecule has 10 heteroatoms. The lowest BCUT2D eigenvalue weighted by Crippen LogP contribution is -2.39. The minimum atomic E-state index is -0.464. The smallest absolute Gasteiger partial charge is 0.324 e. The Balaban J connectivity index is 1.46. The number of imide groups is 1. The highest BCUT2D eigenvalue weighted by Crippen LogP contribution is 2.36. The lowest BCUT2D eigenvalue weighted by molar-refractivity contribution is -0.126. The van der Waals surface area contributed by atoms with E-state index >= 15 is 0 Å². The highest BCUT2D eigenvalue weighted by molar-refractivity contribution is 8.00. The topological polar surface area (TPSA) is 98.6 Å². The third kappa shape index (κ3) is 3.32. The van der Waals surface area contributed by atoms with Crippen molar-refractivity contribution >= 4 is 23.7 Å². The van der Waals surface area contributed by atoms with Gasteiger partial charge in [0.05, 0.1) is 5.25 Å². The van der Waals surface area contributed by atoms with Crippen LogP contribution in [-0.4, -0.2) is 56.5 Å².